The van der Waals surface area contributed by atoms with Crippen molar-refractivity contribution >= 4 is 51.4 Å². The molecule has 3 aromatic rings. The predicted octanol–water partition coefficient (Wildman–Crippen LogP) is 4.26. The number of carbonyl (C=O) groups is 2. The number of rotatable bonds is 8. The van der Waals surface area contributed by atoms with E-state index in [0.717, 1.165) is 21.5 Å². The van der Waals surface area contributed by atoms with Crippen molar-refractivity contribution in [3.8, 4) is 5.75 Å². The lowest BCUT2D eigenvalue weighted by Gasteiger charge is -2.31. The number of piperidine rings is 1. The quantitative estimate of drug-likeness (QED) is 0.462. The number of anilines is 3. The van der Waals surface area contributed by atoms with E-state index in [4.69, 9.17) is 4.74 Å². The van der Waals surface area contributed by atoms with Crippen LogP contribution in [0.25, 0.3) is 0 Å². The molecule has 0 radical (unpaired) electrons. The first-order chi connectivity index (χ1) is 16.1. The number of ether oxygens (including phenoxy) is 1. The zero-order chi connectivity index (χ0) is 23.0. The minimum Gasteiger partial charge on any atom is -0.495 e. The van der Waals surface area contributed by atoms with Gasteiger partial charge in [0.15, 0.2) is 4.34 Å². The molecular weight excluding hydrogens is 458 g/mol. The van der Waals surface area contributed by atoms with Crippen molar-refractivity contribution in [2.24, 2.45) is 5.92 Å². The summed E-state index contributed by atoms with van der Waals surface area (Å²) in [5.74, 6) is 1.01. The molecule has 1 aliphatic heterocycles. The Labute approximate surface area is 200 Å². The van der Waals surface area contributed by atoms with E-state index < -0.39 is 0 Å². The molecule has 172 valence electrons. The molecule has 33 heavy (non-hydrogen) atoms. The number of benzene rings is 2. The maximum Gasteiger partial charge on any atom is 0.233 e. The van der Waals surface area contributed by atoms with Gasteiger partial charge >= 0.3 is 0 Å². The second-order valence-corrected chi connectivity index (χ2v) is 9.70. The molecule has 0 unspecified atom stereocenters. The number of hydrogen-bond donors (Lipinski definition) is 2. The van der Waals surface area contributed by atoms with Gasteiger partial charge in [-0.05, 0) is 37.1 Å². The standard InChI is InChI=1S/C23H25N5O3S2/c1-31-19-10-6-5-9-18(19)25-22-26-27-23(33-22)32-15-20(29)28-13-11-16(12-14-28)21(30)24-17-7-3-2-4-8-17/h2-10,16H,11-15H2,1H3,(H,24,30)(H,25,26). The molecule has 2 N–H and O–H groups in total. The summed E-state index contributed by atoms with van der Waals surface area (Å²) in [4.78, 5) is 27.0. The van der Waals surface area contributed by atoms with Crippen molar-refractivity contribution in [2.45, 2.75) is 17.2 Å². The van der Waals surface area contributed by atoms with E-state index in [1.54, 1.807) is 7.11 Å². The van der Waals surface area contributed by atoms with Crippen LogP contribution >= 0.6 is 23.1 Å². The highest BCUT2D eigenvalue weighted by molar-refractivity contribution is 8.01. The topological polar surface area (TPSA) is 96.4 Å². The van der Waals surface area contributed by atoms with Gasteiger partial charge in [-0.1, -0.05) is 53.4 Å². The average Bonchev–Trinajstić information content (AvgIpc) is 3.31. The lowest BCUT2D eigenvalue weighted by Crippen LogP contribution is -2.42. The molecule has 1 fully saturated rings. The second kappa shape index (κ2) is 11.2. The number of thioether (sulfide) groups is 1. The van der Waals surface area contributed by atoms with Crippen LogP contribution in [0.15, 0.2) is 58.9 Å². The molecule has 1 saturated heterocycles. The third-order valence-electron chi connectivity index (χ3n) is 5.33. The van der Waals surface area contributed by atoms with Gasteiger partial charge in [0.2, 0.25) is 16.9 Å². The molecule has 2 amide bonds. The first kappa shape index (κ1) is 23.1. The fraction of sp³-hybridized carbons (Fsp3) is 0.304. The lowest BCUT2D eigenvalue weighted by molar-refractivity contribution is -0.132. The Hall–Kier alpha value is -3.11. The van der Waals surface area contributed by atoms with Crippen molar-refractivity contribution in [2.75, 3.05) is 36.6 Å². The Bertz CT molecular complexity index is 1080. The molecular formula is C23H25N5O3S2. The van der Waals surface area contributed by atoms with Gasteiger partial charge in [-0.25, -0.2) is 0 Å². The van der Waals surface area contributed by atoms with Gasteiger partial charge in [0.1, 0.15) is 5.75 Å². The number of hydrogen-bond acceptors (Lipinski definition) is 8. The normalized spacial score (nSPS) is 14.0. The molecule has 0 atom stereocenters. The number of methoxy groups -OCH3 is 1. The van der Waals surface area contributed by atoms with E-state index in [0.29, 0.717) is 36.8 Å². The van der Waals surface area contributed by atoms with Crippen LogP contribution in [0.4, 0.5) is 16.5 Å². The Kier molecular flexibility index (Phi) is 7.79. The van der Waals surface area contributed by atoms with Gasteiger partial charge < -0.3 is 20.3 Å². The van der Waals surface area contributed by atoms with E-state index in [9.17, 15) is 9.59 Å². The molecule has 0 saturated carbocycles. The van der Waals surface area contributed by atoms with Crippen LogP contribution in [-0.2, 0) is 9.59 Å². The van der Waals surface area contributed by atoms with Gasteiger partial charge in [0, 0.05) is 24.7 Å². The van der Waals surface area contributed by atoms with Crippen LogP contribution in [0, 0.1) is 5.92 Å². The number of amides is 2. The molecule has 0 spiro atoms. The number of carbonyl (C=O) groups excluding carboxylic acids is 2. The fourth-order valence-corrected chi connectivity index (χ4v) is 5.22. The Morgan fingerprint density at radius 1 is 1.09 bits per heavy atom. The van der Waals surface area contributed by atoms with E-state index in [1.165, 1.54) is 23.1 Å². The molecule has 0 aliphatic carbocycles. The molecule has 2 aromatic carbocycles. The highest BCUT2D eigenvalue weighted by atomic mass is 32.2. The van der Waals surface area contributed by atoms with Crippen molar-refractivity contribution in [3.05, 3.63) is 54.6 Å². The molecule has 1 aliphatic rings. The van der Waals surface area contributed by atoms with Crippen molar-refractivity contribution in [3.63, 3.8) is 0 Å². The predicted molar refractivity (Wildman–Crippen MR) is 131 cm³/mol. The summed E-state index contributed by atoms with van der Waals surface area (Å²) in [6.07, 6.45) is 1.34. The van der Waals surface area contributed by atoms with Crippen LogP contribution < -0.4 is 15.4 Å². The van der Waals surface area contributed by atoms with E-state index in [1.807, 2.05) is 59.5 Å². The summed E-state index contributed by atoms with van der Waals surface area (Å²) < 4.78 is 6.06. The zero-order valence-electron chi connectivity index (χ0n) is 18.2. The van der Waals surface area contributed by atoms with E-state index in [2.05, 4.69) is 20.8 Å². The van der Waals surface area contributed by atoms with Crippen LogP contribution in [0.5, 0.6) is 5.75 Å². The first-order valence-electron chi connectivity index (χ1n) is 10.6. The lowest BCUT2D eigenvalue weighted by atomic mass is 9.96. The highest BCUT2D eigenvalue weighted by Gasteiger charge is 2.27. The number of nitrogens with zero attached hydrogens (tertiary/aromatic N) is 3. The Morgan fingerprint density at radius 2 is 1.82 bits per heavy atom. The minimum absolute atomic E-state index is 0.0200. The smallest absolute Gasteiger partial charge is 0.233 e. The molecule has 8 nitrogen and oxygen atoms in total. The van der Waals surface area contributed by atoms with Gasteiger partial charge in [0.05, 0.1) is 18.6 Å². The summed E-state index contributed by atoms with van der Waals surface area (Å²) in [6, 6.07) is 17.0. The molecule has 1 aromatic heterocycles. The molecule has 4 rings (SSSR count). The van der Waals surface area contributed by atoms with Gasteiger partial charge in [-0.2, -0.15) is 0 Å². The van der Waals surface area contributed by atoms with Crippen molar-refractivity contribution in [1.82, 2.24) is 15.1 Å². The maximum atomic E-state index is 12.6. The van der Waals surface area contributed by atoms with Crippen LogP contribution in [0.2, 0.25) is 0 Å². The summed E-state index contributed by atoms with van der Waals surface area (Å²) in [5, 5.41) is 15.1. The average molecular weight is 484 g/mol. The number of para-hydroxylation sites is 3. The number of aromatic nitrogens is 2. The van der Waals surface area contributed by atoms with Gasteiger partial charge in [-0.3, -0.25) is 9.59 Å². The number of likely N-dealkylation sites (tertiary alicyclic amines) is 1. The first-order valence-corrected chi connectivity index (χ1v) is 12.4. The summed E-state index contributed by atoms with van der Waals surface area (Å²) in [5.41, 5.74) is 1.61. The Morgan fingerprint density at radius 3 is 2.58 bits per heavy atom. The second-order valence-electron chi connectivity index (χ2n) is 7.50. The van der Waals surface area contributed by atoms with E-state index >= 15 is 0 Å². The molecule has 2 heterocycles. The minimum atomic E-state index is -0.0753. The molecule has 10 heteroatoms. The summed E-state index contributed by atoms with van der Waals surface area (Å²) >= 11 is 2.77. The van der Waals surface area contributed by atoms with Crippen LogP contribution in [-0.4, -0.2) is 52.9 Å². The van der Waals surface area contributed by atoms with Crippen molar-refractivity contribution in [1.29, 1.82) is 0 Å². The van der Waals surface area contributed by atoms with Crippen molar-refractivity contribution < 1.29 is 14.3 Å². The van der Waals surface area contributed by atoms with Crippen LogP contribution in [0.3, 0.4) is 0 Å². The largest absolute Gasteiger partial charge is 0.495 e. The third kappa shape index (κ3) is 6.23. The number of nitrogens with one attached hydrogen (secondary N) is 2. The monoisotopic (exact) mass is 483 g/mol. The fourth-order valence-electron chi connectivity index (χ4n) is 3.55. The van der Waals surface area contributed by atoms with Gasteiger partial charge in [-0.15, -0.1) is 10.2 Å². The maximum absolute atomic E-state index is 12.6. The van der Waals surface area contributed by atoms with Crippen LogP contribution in [0.1, 0.15) is 12.8 Å². The highest BCUT2D eigenvalue weighted by Crippen LogP contribution is 2.31. The summed E-state index contributed by atoms with van der Waals surface area (Å²) in [7, 11) is 1.62. The summed E-state index contributed by atoms with van der Waals surface area (Å²) in [6.45, 7) is 1.17. The zero-order valence-corrected chi connectivity index (χ0v) is 19.8. The third-order valence-corrected chi connectivity index (χ3v) is 7.29. The SMILES string of the molecule is COc1ccccc1Nc1nnc(SCC(=O)N2CCC(C(=O)Nc3ccccc3)CC2)s1. The van der Waals surface area contributed by atoms with E-state index in [-0.39, 0.29) is 17.7 Å². The van der Waals surface area contributed by atoms with Gasteiger partial charge in [0.25, 0.3) is 0 Å². The molecule has 0 bridgehead atoms. The Balaban J connectivity index is 1.22.